The van der Waals surface area contributed by atoms with Gasteiger partial charge in [0.1, 0.15) is 16.5 Å². The molecule has 0 bridgehead atoms. The summed E-state index contributed by atoms with van der Waals surface area (Å²) in [6, 6.07) is 21.5. The SMILES string of the molecule is CC(C)C(=O)Nc1ccc(-c2sc3c(c2CN(C)Cc2ccccc2)c(=O)c(C(=S)C2CCOCC2)cn3Cc2c(F)cccc2F)cc1. The highest BCUT2D eigenvalue weighted by Crippen LogP contribution is 2.40. The lowest BCUT2D eigenvalue weighted by Gasteiger charge is -2.23. The first kappa shape index (κ1) is 34.8. The number of carbonyl (C=O) groups excluding carboxylic acids is 1. The van der Waals surface area contributed by atoms with E-state index in [0.717, 1.165) is 21.6 Å². The third-order valence-electron chi connectivity index (χ3n) is 8.92. The number of ether oxygens (including phenoxy) is 1. The first-order valence-corrected chi connectivity index (χ1v) is 17.7. The monoisotopic (exact) mass is 699 g/mol. The molecule has 0 spiro atoms. The molecule has 5 aromatic rings. The molecule has 0 unspecified atom stereocenters. The Morgan fingerprint density at radius 1 is 0.980 bits per heavy atom. The third-order valence-corrected chi connectivity index (χ3v) is 10.8. The number of thiocarbonyl (C=S) groups is 1. The van der Waals surface area contributed by atoms with E-state index in [1.54, 1.807) is 10.8 Å². The topological polar surface area (TPSA) is 63.6 Å². The second-order valence-electron chi connectivity index (χ2n) is 12.9. The van der Waals surface area contributed by atoms with Crippen molar-refractivity contribution in [3.63, 3.8) is 0 Å². The molecule has 0 aliphatic carbocycles. The summed E-state index contributed by atoms with van der Waals surface area (Å²) in [5.74, 6) is -1.56. The van der Waals surface area contributed by atoms with E-state index in [1.807, 2.05) is 63.4 Å². The van der Waals surface area contributed by atoms with Crippen LogP contribution >= 0.6 is 23.6 Å². The van der Waals surface area contributed by atoms with Crippen molar-refractivity contribution in [3.8, 4) is 10.4 Å². The van der Waals surface area contributed by atoms with Crippen LogP contribution in [0.15, 0.2) is 83.8 Å². The molecule has 1 N–H and O–H groups in total. The highest BCUT2D eigenvalue weighted by molar-refractivity contribution is 7.80. The molecule has 254 valence electrons. The number of thiophene rings is 1. The van der Waals surface area contributed by atoms with Gasteiger partial charge in [-0.05, 0) is 66.8 Å². The lowest BCUT2D eigenvalue weighted by atomic mass is 9.91. The summed E-state index contributed by atoms with van der Waals surface area (Å²) in [6.45, 7) is 5.77. The molecular weight excluding hydrogens is 661 g/mol. The smallest absolute Gasteiger partial charge is 0.226 e. The van der Waals surface area contributed by atoms with Crippen molar-refractivity contribution in [3.05, 3.63) is 123 Å². The standard InChI is InChI=1S/C39H39F2N3O3S2/c1-24(2)38(46)42-28-14-12-27(13-15-28)37-30(21-43(3)20-25-8-5-4-6-9-25)34-35(45)31(36(48)26-16-18-47-19-17-26)23-44(39(34)49-37)22-29-32(40)10-7-11-33(29)41/h4-15,23-24,26H,16-22H2,1-3H3,(H,42,46). The Morgan fingerprint density at radius 3 is 2.31 bits per heavy atom. The van der Waals surface area contributed by atoms with Gasteiger partial charge in [-0.2, -0.15) is 0 Å². The van der Waals surface area contributed by atoms with E-state index in [1.165, 1.54) is 29.5 Å². The zero-order valence-electron chi connectivity index (χ0n) is 27.8. The van der Waals surface area contributed by atoms with Crippen molar-refractivity contribution in [2.75, 3.05) is 25.6 Å². The van der Waals surface area contributed by atoms with Gasteiger partial charge in [0.25, 0.3) is 0 Å². The minimum absolute atomic E-state index is 0.0107. The number of hydrogen-bond acceptors (Lipinski definition) is 6. The molecule has 6 nitrogen and oxygen atoms in total. The van der Waals surface area contributed by atoms with E-state index in [0.29, 0.717) is 65.5 Å². The van der Waals surface area contributed by atoms with Crippen molar-refractivity contribution in [1.82, 2.24) is 9.47 Å². The van der Waals surface area contributed by atoms with Crippen molar-refractivity contribution in [1.29, 1.82) is 0 Å². The summed E-state index contributed by atoms with van der Waals surface area (Å²) in [7, 11) is 2.01. The van der Waals surface area contributed by atoms with Gasteiger partial charge in [-0.15, -0.1) is 11.3 Å². The summed E-state index contributed by atoms with van der Waals surface area (Å²) in [6.07, 6.45) is 3.11. The lowest BCUT2D eigenvalue weighted by molar-refractivity contribution is -0.118. The van der Waals surface area contributed by atoms with Crippen LogP contribution in [-0.2, 0) is 29.2 Å². The minimum atomic E-state index is -0.654. The maximum absolute atomic E-state index is 15.1. The Bertz CT molecular complexity index is 2010. The van der Waals surface area contributed by atoms with Gasteiger partial charge in [0.05, 0.1) is 17.5 Å². The first-order chi connectivity index (χ1) is 23.6. The number of halogens is 2. The van der Waals surface area contributed by atoms with Crippen molar-refractivity contribution in [2.24, 2.45) is 11.8 Å². The van der Waals surface area contributed by atoms with Crippen LogP contribution in [0, 0.1) is 23.5 Å². The van der Waals surface area contributed by atoms with Gasteiger partial charge in [-0.3, -0.25) is 14.5 Å². The highest BCUT2D eigenvalue weighted by Gasteiger charge is 2.27. The first-order valence-electron chi connectivity index (χ1n) is 16.5. The molecule has 49 heavy (non-hydrogen) atoms. The van der Waals surface area contributed by atoms with E-state index < -0.39 is 11.6 Å². The normalized spacial score (nSPS) is 13.8. The number of hydrogen-bond donors (Lipinski definition) is 1. The zero-order valence-corrected chi connectivity index (χ0v) is 29.4. The molecule has 0 atom stereocenters. The van der Waals surface area contributed by atoms with Crippen LogP contribution in [-0.4, -0.2) is 40.5 Å². The summed E-state index contributed by atoms with van der Waals surface area (Å²) in [4.78, 5) is 31.2. The number of carbonyl (C=O) groups is 1. The fourth-order valence-corrected chi connectivity index (χ4v) is 7.89. The van der Waals surface area contributed by atoms with E-state index in [9.17, 15) is 9.59 Å². The Labute approximate surface area is 294 Å². The summed E-state index contributed by atoms with van der Waals surface area (Å²) in [5.41, 5.74) is 3.61. The predicted octanol–water partition coefficient (Wildman–Crippen LogP) is 8.43. The van der Waals surface area contributed by atoms with Gasteiger partial charge in [-0.25, -0.2) is 8.78 Å². The minimum Gasteiger partial charge on any atom is -0.381 e. The number of pyridine rings is 1. The quantitative estimate of drug-likeness (QED) is 0.111. The van der Waals surface area contributed by atoms with E-state index >= 15 is 8.78 Å². The number of nitrogens with one attached hydrogen (secondary N) is 1. The van der Waals surface area contributed by atoms with Crippen LogP contribution in [0.2, 0.25) is 0 Å². The molecule has 10 heteroatoms. The predicted molar refractivity (Wildman–Crippen MR) is 197 cm³/mol. The Balaban J connectivity index is 1.54. The zero-order chi connectivity index (χ0) is 34.7. The number of rotatable bonds is 11. The lowest BCUT2D eigenvalue weighted by Crippen LogP contribution is -2.28. The molecule has 2 aromatic heterocycles. The third kappa shape index (κ3) is 7.73. The number of amides is 1. The largest absolute Gasteiger partial charge is 0.381 e. The van der Waals surface area contributed by atoms with Crippen molar-refractivity contribution >= 4 is 50.2 Å². The van der Waals surface area contributed by atoms with Crippen LogP contribution in [0.25, 0.3) is 20.7 Å². The molecule has 3 heterocycles. The molecule has 1 aliphatic rings. The van der Waals surface area contributed by atoms with Gasteiger partial charge in [0.15, 0.2) is 5.43 Å². The van der Waals surface area contributed by atoms with E-state index in [4.69, 9.17) is 17.0 Å². The second kappa shape index (κ2) is 15.2. The second-order valence-corrected chi connectivity index (χ2v) is 14.4. The highest BCUT2D eigenvalue weighted by atomic mass is 32.1. The van der Waals surface area contributed by atoms with Crippen LogP contribution in [0.5, 0.6) is 0 Å². The molecule has 3 aromatic carbocycles. The van der Waals surface area contributed by atoms with E-state index in [-0.39, 0.29) is 35.3 Å². The fourth-order valence-electron chi connectivity index (χ4n) is 6.22. The average molecular weight is 700 g/mol. The number of anilines is 1. The summed E-state index contributed by atoms with van der Waals surface area (Å²) >= 11 is 7.41. The molecule has 6 rings (SSSR count). The Hall–Kier alpha value is -4.09. The van der Waals surface area contributed by atoms with Crippen molar-refractivity contribution in [2.45, 2.75) is 46.3 Å². The number of benzene rings is 3. The fraction of sp³-hybridized carbons (Fsp3) is 0.308. The Kier molecular flexibility index (Phi) is 10.8. The summed E-state index contributed by atoms with van der Waals surface area (Å²) in [5, 5.41) is 3.44. The number of aromatic nitrogens is 1. The molecule has 1 fully saturated rings. The van der Waals surface area contributed by atoms with Gasteiger partial charge in [0, 0.05) is 59.4 Å². The maximum Gasteiger partial charge on any atom is 0.226 e. The Morgan fingerprint density at radius 2 is 1.65 bits per heavy atom. The van der Waals surface area contributed by atoms with Crippen LogP contribution < -0.4 is 10.7 Å². The van der Waals surface area contributed by atoms with Gasteiger partial charge < -0.3 is 14.6 Å². The molecule has 0 radical (unpaired) electrons. The summed E-state index contributed by atoms with van der Waals surface area (Å²) < 4.78 is 37.5. The van der Waals surface area contributed by atoms with Gasteiger partial charge in [-0.1, -0.05) is 74.6 Å². The van der Waals surface area contributed by atoms with Crippen LogP contribution in [0.4, 0.5) is 14.5 Å². The average Bonchev–Trinajstić information content (AvgIpc) is 3.47. The molecule has 1 aliphatic heterocycles. The maximum atomic E-state index is 15.1. The van der Waals surface area contributed by atoms with Crippen LogP contribution in [0.3, 0.4) is 0 Å². The number of fused-ring (bicyclic) bond motifs is 1. The van der Waals surface area contributed by atoms with Gasteiger partial charge >= 0.3 is 0 Å². The molecular formula is C39H39F2N3O3S2. The van der Waals surface area contributed by atoms with Crippen LogP contribution in [0.1, 0.15) is 48.9 Å². The molecule has 0 saturated carbocycles. The van der Waals surface area contributed by atoms with Crippen molar-refractivity contribution < 1.29 is 18.3 Å². The van der Waals surface area contributed by atoms with Gasteiger partial charge in [0.2, 0.25) is 5.91 Å². The van der Waals surface area contributed by atoms with E-state index in [2.05, 4.69) is 22.3 Å². The molecule has 1 saturated heterocycles. The molecule has 1 amide bonds. The number of nitrogens with zero attached hydrogens (tertiary/aromatic N) is 2.